The molecule has 2 aromatic carbocycles. The van der Waals surface area contributed by atoms with Gasteiger partial charge in [0.15, 0.2) is 0 Å². The van der Waals surface area contributed by atoms with E-state index in [-0.39, 0.29) is 41.8 Å². The summed E-state index contributed by atoms with van der Waals surface area (Å²) in [5.74, 6) is -0.0469. The van der Waals surface area contributed by atoms with E-state index < -0.39 is 10.8 Å². The molecule has 0 aromatic heterocycles. The van der Waals surface area contributed by atoms with Crippen molar-refractivity contribution in [3.8, 4) is 0 Å². The minimum absolute atomic E-state index is 0.000413. The van der Waals surface area contributed by atoms with E-state index in [0.29, 0.717) is 32.7 Å². The number of esters is 2. The molecule has 3 fully saturated rings. The number of hydrogen-bond donors (Lipinski definition) is 0. The molecule has 0 radical (unpaired) electrons. The van der Waals surface area contributed by atoms with Crippen molar-refractivity contribution in [3.63, 3.8) is 0 Å². The van der Waals surface area contributed by atoms with E-state index in [2.05, 4.69) is 6.92 Å². The number of hydrogen-bond acceptors (Lipinski definition) is 6. The first-order valence-electron chi connectivity index (χ1n) is 15.9. The fraction of sp³-hybridized carbons (Fsp3) is 0.500. The number of rotatable bonds is 10. The fourth-order valence-corrected chi connectivity index (χ4v) is 6.69. The molecule has 2 amide bonds. The van der Waals surface area contributed by atoms with Crippen molar-refractivity contribution >= 4 is 23.8 Å². The third-order valence-electron chi connectivity index (χ3n) is 9.86. The fourth-order valence-electron chi connectivity index (χ4n) is 6.69. The lowest BCUT2D eigenvalue weighted by Gasteiger charge is -2.26. The molecule has 2 aromatic rings. The van der Waals surface area contributed by atoms with Gasteiger partial charge in [-0.2, -0.15) is 0 Å². The maximum Gasteiger partial charge on any atom is 0.316 e. The minimum Gasteiger partial charge on any atom is -0.466 e. The van der Waals surface area contributed by atoms with Crippen LogP contribution in [0.3, 0.4) is 0 Å². The molecule has 0 N–H and O–H groups in total. The second-order valence-corrected chi connectivity index (χ2v) is 12.4. The van der Waals surface area contributed by atoms with Gasteiger partial charge in [-0.1, -0.05) is 60.7 Å². The maximum atomic E-state index is 12.4. The largest absolute Gasteiger partial charge is 0.466 e. The normalized spacial score (nSPS) is 22.4. The molecule has 0 bridgehead atoms. The van der Waals surface area contributed by atoms with Crippen molar-refractivity contribution < 1.29 is 28.7 Å². The number of nitrogens with zero attached hydrogens (tertiary/aromatic N) is 2. The van der Waals surface area contributed by atoms with Crippen molar-refractivity contribution in [2.45, 2.75) is 71.9 Å². The smallest absolute Gasteiger partial charge is 0.316 e. The third-order valence-corrected chi connectivity index (χ3v) is 9.86. The number of likely N-dealkylation sites (tertiary alicyclic amines) is 1. The van der Waals surface area contributed by atoms with Gasteiger partial charge in [-0.3, -0.25) is 19.2 Å². The SMILES string of the molecule is CCOC(=O)C1(C2=CC(=O)N([C@@H](C)c3ccccc3)C2)CC1.CCOC(=O)C1([C@@H]2CC(=O)N([C@@H](C)c3ccccc3)C2)CC1. The Balaban J connectivity index is 0.000000175. The Bertz CT molecular complexity index is 1350. The topological polar surface area (TPSA) is 93.2 Å². The summed E-state index contributed by atoms with van der Waals surface area (Å²) in [5, 5.41) is 0. The zero-order valence-corrected chi connectivity index (χ0v) is 26.3. The molecular weight excluding hydrogens is 556 g/mol. The Hall–Kier alpha value is -3.94. The number of carbonyl (C=O) groups excluding carboxylic acids is 4. The highest BCUT2D eigenvalue weighted by Gasteiger charge is 2.60. The summed E-state index contributed by atoms with van der Waals surface area (Å²) in [4.78, 5) is 52.9. The van der Waals surface area contributed by atoms with Gasteiger partial charge in [0.2, 0.25) is 11.8 Å². The van der Waals surface area contributed by atoms with Crippen LogP contribution in [-0.4, -0.2) is 59.9 Å². The average Bonchev–Trinajstić information content (AvgIpc) is 3.96. The molecule has 4 aliphatic rings. The lowest BCUT2D eigenvalue weighted by molar-refractivity contribution is -0.152. The van der Waals surface area contributed by atoms with E-state index in [1.54, 1.807) is 6.08 Å². The van der Waals surface area contributed by atoms with Crippen LogP contribution in [0.25, 0.3) is 0 Å². The molecule has 0 unspecified atom stereocenters. The number of benzene rings is 2. The Labute approximate surface area is 260 Å². The second kappa shape index (κ2) is 13.0. The lowest BCUT2D eigenvalue weighted by Crippen LogP contribution is -2.32. The molecule has 2 aliphatic carbocycles. The van der Waals surface area contributed by atoms with Gasteiger partial charge in [0, 0.05) is 31.5 Å². The zero-order valence-electron chi connectivity index (χ0n) is 26.3. The highest BCUT2D eigenvalue weighted by Crippen LogP contribution is 2.57. The van der Waals surface area contributed by atoms with Crippen LogP contribution in [0.4, 0.5) is 0 Å². The van der Waals surface area contributed by atoms with E-state index in [9.17, 15) is 19.2 Å². The van der Waals surface area contributed by atoms with Crippen LogP contribution in [0, 0.1) is 16.7 Å². The molecule has 2 heterocycles. The molecule has 0 spiro atoms. The second-order valence-electron chi connectivity index (χ2n) is 12.4. The first-order valence-corrected chi connectivity index (χ1v) is 15.9. The van der Waals surface area contributed by atoms with Gasteiger partial charge in [-0.05, 0) is 70.1 Å². The molecular formula is C36H44N2O6. The van der Waals surface area contributed by atoms with Crippen LogP contribution in [-0.2, 0) is 28.7 Å². The van der Waals surface area contributed by atoms with Crippen molar-refractivity contribution in [3.05, 3.63) is 83.4 Å². The van der Waals surface area contributed by atoms with Gasteiger partial charge in [0.25, 0.3) is 0 Å². The van der Waals surface area contributed by atoms with Crippen molar-refractivity contribution in [1.82, 2.24) is 9.80 Å². The predicted molar refractivity (Wildman–Crippen MR) is 166 cm³/mol. The Kier molecular flexibility index (Phi) is 9.28. The molecule has 6 rings (SSSR count). The van der Waals surface area contributed by atoms with Crippen molar-refractivity contribution in [2.24, 2.45) is 16.7 Å². The van der Waals surface area contributed by atoms with Gasteiger partial charge in [0.1, 0.15) is 0 Å². The summed E-state index contributed by atoms with van der Waals surface area (Å²) in [6, 6.07) is 20.1. The van der Waals surface area contributed by atoms with Crippen molar-refractivity contribution in [1.29, 1.82) is 0 Å². The number of ether oxygens (including phenoxy) is 2. The van der Waals surface area contributed by atoms with Gasteiger partial charge >= 0.3 is 11.9 Å². The van der Waals surface area contributed by atoms with Gasteiger partial charge in [0.05, 0.1) is 36.1 Å². The van der Waals surface area contributed by atoms with Gasteiger partial charge < -0.3 is 19.3 Å². The quantitative estimate of drug-likeness (QED) is 0.320. The zero-order chi connectivity index (χ0) is 31.5. The maximum absolute atomic E-state index is 12.4. The van der Waals surface area contributed by atoms with Gasteiger partial charge in [-0.15, -0.1) is 0 Å². The van der Waals surface area contributed by atoms with Crippen LogP contribution in [0.2, 0.25) is 0 Å². The Morgan fingerprint density at radius 3 is 1.82 bits per heavy atom. The van der Waals surface area contributed by atoms with Crippen LogP contribution in [0.1, 0.15) is 83.0 Å². The summed E-state index contributed by atoms with van der Waals surface area (Å²) < 4.78 is 10.4. The monoisotopic (exact) mass is 600 g/mol. The molecule has 44 heavy (non-hydrogen) atoms. The molecule has 234 valence electrons. The Morgan fingerprint density at radius 1 is 0.795 bits per heavy atom. The standard InChI is InChI=1S/C18H23NO3.C18H21NO3/c2*1-3-22-17(21)18(9-10-18)15-11-16(20)19(12-15)13(2)14-7-5-4-6-8-14/h4-8,13,15H,3,9-12H2,1-2H3;4-8,11,13H,3,9-10,12H2,1-2H3/t13-,15+;13-/m00/s1. The van der Waals surface area contributed by atoms with Crippen LogP contribution in [0.5, 0.6) is 0 Å². The molecule has 8 nitrogen and oxygen atoms in total. The number of amides is 2. The summed E-state index contributed by atoms with van der Waals surface area (Å²) in [5.41, 5.74) is 2.23. The van der Waals surface area contributed by atoms with E-state index in [0.717, 1.165) is 42.4 Å². The Morgan fingerprint density at radius 2 is 1.32 bits per heavy atom. The van der Waals surface area contributed by atoms with E-state index in [1.165, 1.54) is 0 Å². The predicted octanol–water partition coefficient (Wildman–Crippen LogP) is 5.80. The summed E-state index contributed by atoms with van der Waals surface area (Å²) >= 11 is 0. The van der Waals surface area contributed by atoms with Crippen LogP contribution in [0.15, 0.2) is 72.3 Å². The van der Waals surface area contributed by atoms with E-state index in [1.807, 2.05) is 91.2 Å². The summed E-state index contributed by atoms with van der Waals surface area (Å²) in [6.45, 7) is 9.69. The molecule has 2 saturated carbocycles. The van der Waals surface area contributed by atoms with Crippen LogP contribution >= 0.6 is 0 Å². The highest BCUT2D eigenvalue weighted by molar-refractivity contribution is 5.95. The number of carbonyl (C=O) groups is 4. The van der Waals surface area contributed by atoms with Crippen LogP contribution < -0.4 is 0 Å². The lowest BCUT2D eigenvalue weighted by atomic mass is 9.88. The summed E-state index contributed by atoms with van der Waals surface area (Å²) in [7, 11) is 0. The first-order chi connectivity index (χ1) is 21.2. The van der Waals surface area contributed by atoms with Gasteiger partial charge in [-0.25, -0.2) is 0 Å². The van der Waals surface area contributed by atoms with Crippen molar-refractivity contribution in [2.75, 3.05) is 26.3 Å². The molecule has 8 heteroatoms. The molecule has 2 aliphatic heterocycles. The summed E-state index contributed by atoms with van der Waals surface area (Å²) in [6.07, 6.45) is 5.41. The average molecular weight is 601 g/mol. The third kappa shape index (κ3) is 6.17. The van der Waals surface area contributed by atoms with E-state index >= 15 is 0 Å². The molecule has 3 atom stereocenters. The first kappa shape index (κ1) is 31.5. The minimum atomic E-state index is -0.531. The van der Waals surface area contributed by atoms with E-state index in [4.69, 9.17) is 9.47 Å². The molecule has 1 saturated heterocycles. The highest BCUT2D eigenvalue weighted by atomic mass is 16.5.